The monoisotopic (exact) mass is 331 g/mol. The number of hydrogen-bond acceptors (Lipinski definition) is 6. The molecule has 0 aliphatic carbocycles. The number of aromatic nitrogens is 2. The number of carbonyl (C=O) groups excluding carboxylic acids is 1. The van der Waals surface area contributed by atoms with Gasteiger partial charge in [0.25, 0.3) is 5.91 Å². The summed E-state index contributed by atoms with van der Waals surface area (Å²) in [6, 6.07) is 10.6. The molecule has 23 heavy (non-hydrogen) atoms. The lowest BCUT2D eigenvalue weighted by Crippen LogP contribution is -2.47. The van der Waals surface area contributed by atoms with Crippen LogP contribution in [-0.4, -0.2) is 58.8 Å². The first-order valence-electron chi connectivity index (χ1n) is 7.91. The van der Waals surface area contributed by atoms with Gasteiger partial charge in [-0.3, -0.25) is 9.69 Å². The lowest BCUT2D eigenvalue weighted by Gasteiger charge is -2.36. The molecule has 1 N–H and O–H groups in total. The van der Waals surface area contributed by atoms with Crippen molar-refractivity contribution >= 4 is 23.3 Å². The normalized spacial score (nSPS) is 15.6. The zero-order valence-corrected chi connectivity index (χ0v) is 13.8. The third-order valence-corrected chi connectivity index (χ3v) is 4.50. The van der Waals surface area contributed by atoms with Crippen LogP contribution < -0.4 is 10.2 Å². The molecule has 0 saturated carbocycles. The molecule has 1 aromatic carbocycles. The Labute approximate surface area is 140 Å². The molecule has 1 fully saturated rings. The van der Waals surface area contributed by atoms with E-state index >= 15 is 0 Å². The summed E-state index contributed by atoms with van der Waals surface area (Å²) < 4.78 is 7.76. The van der Waals surface area contributed by atoms with E-state index in [-0.39, 0.29) is 5.91 Å². The van der Waals surface area contributed by atoms with Gasteiger partial charge in [-0.25, -0.2) is 0 Å². The molecular weight excluding hydrogens is 310 g/mol. The van der Waals surface area contributed by atoms with Crippen LogP contribution in [0.3, 0.4) is 0 Å². The molecule has 1 amide bonds. The standard InChI is InChI=1S/C16H21N5OS/c22-16(15-13-18-23-19-15)17-7-4-8-20-9-11-21(12-10-20)14-5-2-1-3-6-14/h1-3,5-6,13H,4,7-12H2,(H,17,22). The topological polar surface area (TPSA) is 61.4 Å². The van der Waals surface area contributed by atoms with E-state index in [4.69, 9.17) is 0 Å². The van der Waals surface area contributed by atoms with Crippen LogP contribution in [0.15, 0.2) is 36.5 Å². The smallest absolute Gasteiger partial charge is 0.272 e. The maximum atomic E-state index is 11.7. The van der Waals surface area contributed by atoms with Gasteiger partial charge in [-0.05, 0) is 25.1 Å². The molecule has 122 valence electrons. The maximum Gasteiger partial charge on any atom is 0.272 e. The fraction of sp³-hybridized carbons (Fsp3) is 0.438. The van der Waals surface area contributed by atoms with Crippen molar-refractivity contribution < 1.29 is 4.79 Å². The number of rotatable bonds is 6. The number of carbonyl (C=O) groups is 1. The summed E-state index contributed by atoms with van der Waals surface area (Å²) >= 11 is 1.05. The summed E-state index contributed by atoms with van der Waals surface area (Å²) in [5, 5.41) is 2.89. The Morgan fingerprint density at radius 2 is 1.96 bits per heavy atom. The molecule has 0 radical (unpaired) electrons. The first-order valence-corrected chi connectivity index (χ1v) is 8.64. The van der Waals surface area contributed by atoms with Crippen LogP contribution in [0.1, 0.15) is 16.9 Å². The van der Waals surface area contributed by atoms with Gasteiger partial charge in [-0.15, -0.1) is 0 Å². The number of piperazine rings is 1. The van der Waals surface area contributed by atoms with E-state index in [0.717, 1.165) is 50.9 Å². The van der Waals surface area contributed by atoms with Gasteiger partial charge < -0.3 is 10.2 Å². The van der Waals surface area contributed by atoms with Crippen LogP contribution in [0.2, 0.25) is 0 Å². The minimum Gasteiger partial charge on any atom is -0.369 e. The Morgan fingerprint density at radius 3 is 2.65 bits per heavy atom. The molecule has 1 saturated heterocycles. The van der Waals surface area contributed by atoms with E-state index in [1.54, 1.807) is 0 Å². The number of para-hydroxylation sites is 1. The number of nitrogens with one attached hydrogen (secondary N) is 1. The summed E-state index contributed by atoms with van der Waals surface area (Å²) in [7, 11) is 0. The Morgan fingerprint density at radius 1 is 1.17 bits per heavy atom. The minimum absolute atomic E-state index is 0.132. The van der Waals surface area contributed by atoms with E-state index in [9.17, 15) is 4.79 Å². The van der Waals surface area contributed by atoms with Gasteiger partial charge in [0.2, 0.25) is 0 Å². The van der Waals surface area contributed by atoms with Gasteiger partial charge in [-0.2, -0.15) is 8.75 Å². The first kappa shape index (κ1) is 15.9. The van der Waals surface area contributed by atoms with Crippen molar-refractivity contribution in [2.75, 3.05) is 44.2 Å². The molecule has 1 aliphatic rings. The predicted octanol–water partition coefficient (Wildman–Crippen LogP) is 1.48. The molecule has 7 heteroatoms. The molecule has 0 spiro atoms. The second-order valence-corrected chi connectivity index (χ2v) is 6.12. The van der Waals surface area contributed by atoms with Crippen molar-refractivity contribution in [3.05, 3.63) is 42.2 Å². The van der Waals surface area contributed by atoms with Crippen molar-refractivity contribution in [3.63, 3.8) is 0 Å². The summed E-state index contributed by atoms with van der Waals surface area (Å²) in [6.45, 7) is 5.94. The molecule has 2 aromatic rings. The first-order chi connectivity index (χ1) is 11.3. The molecule has 6 nitrogen and oxygen atoms in total. The van der Waals surface area contributed by atoms with Gasteiger partial charge in [0.1, 0.15) is 0 Å². The van der Waals surface area contributed by atoms with Crippen molar-refractivity contribution in [2.45, 2.75) is 6.42 Å². The fourth-order valence-corrected chi connectivity index (χ4v) is 3.14. The summed E-state index contributed by atoms with van der Waals surface area (Å²) in [6.07, 6.45) is 2.46. The number of anilines is 1. The molecule has 0 bridgehead atoms. The molecule has 0 unspecified atom stereocenters. The van der Waals surface area contributed by atoms with Crippen LogP contribution in [0.4, 0.5) is 5.69 Å². The van der Waals surface area contributed by atoms with Gasteiger partial charge in [-0.1, -0.05) is 18.2 Å². The van der Waals surface area contributed by atoms with E-state index < -0.39 is 0 Å². The Kier molecular flexibility index (Phi) is 5.55. The van der Waals surface area contributed by atoms with E-state index in [0.29, 0.717) is 12.2 Å². The molecule has 3 rings (SSSR count). The molecule has 1 aliphatic heterocycles. The summed E-state index contributed by atoms with van der Waals surface area (Å²) in [5.41, 5.74) is 1.71. The highest BCUT2D eigenvalue weighted by atomic mass is 32.1. The molecule has 2 heterocycles. The van der Waals surface area contributed by atoms with Gasteiger partial charge in [0.05, 0.1) is 17.9 Å². The quantitative estimate of drug-likeness (QED) is 0.813. The summed E-state index contributed by atoms with van der Waals surface area (Å²) in [4.78, 5) is 16.6. The minimum atomic E-state index is -0.132. The third kappa shape index (κ3) is 4.49. The summed E-state index contributed by atoms with van der Waals surface area (Å²) in [5.74, 6) is -0.132. The fourth-order valence-electron chi connectivity index (χ4n) is 2.73. The SMILES string of the molecule is O=C(NCCCN1CCN(c2ccccc2)CC1)c1cnsn1. The second-order valence-electron chi connectivity index (χ2n) is 5.57. The number of nitrogens with zero attached hydrogens (tertiary/aromatic N) is 4. The van der Waals surface area contributed by atoms with Crippen LogP contribution in [-0.2, 0) is 0 Å². The average molecular weight is 331 g/mol. The van der Waals surface area contributed by atoms with Crippen molar-refractivity contribution in [3.8, 4) is 0 Å². The molecular formula is C16H21N5OS. The zero-order chi connectivity index (χ0) is 15.9. The van der Waals surface area contributed by atoms with Crippen LogP contribution in [0, 0.1) is 0 Å². The van der Waals surface area contributed by atoms with Crippen LogP contribution >= 0.6 is 11.7 Å². The van der Waals surface area contributed by atoms with E-state index in [1.807, 2.05) is 0 Å². The van der Waals surface area contributed by atoms with E-state index in [2.05, 4.69) is 54.2 Å². The number of benzene rings is 1. The van der Waals surface area contributed by atoms with Gasteiger partial charge in [0, 0.05) is 38.4 Å². The van der Waals surface area contributed by atoms with Crippen molar-refractivity contribution in [1.82, 2.24) is 19.0 Å². The van der Waals surface area contributed by atoms with Gasteiger partial charge >= 0.3 is 0 Å². The van der Waals surface area contributed by atoms with Gasteiger partial charge in [0.15, 0.2) is 5.69 Å². The highest BCUT2D eigenvalue weighted by Gasteiger charge is 2.16. The largest absolute Gasteiger partial charge is 0.369 e. The average Bonchev–Trinajstić information content (AvgIpc) is 3.15. The highest BCUT2D eigenvalue weighted by molar-refractivity contribution is 6.99. The highest BCUT2D eigenvalue weighted by Crippen LogP contribution is 2.15. The second kappa shape index (κ2) is 8.03. The van der Waals surface area contributed by atoms with Crippen molar-refractivity contribution in [2.24, 2.45) is 0 Å². The maximum absolute atomic E-state index is 11.7. The predicted molar refractivity (Wildman–Crippen MR) is 92.0 cm³/mol. The lowest BCUT2D eigenvalue weighted by molar-refractivity contribution is 0.0947. The Balaban J connectivity index is 1.33. The van der Waals surface area contributed by atoms with E-state index in [1.165, 1.54) is 11.9 Å². The van der Waals surface area contributed by atoms with Crippen LogP contribution in [0.25, 0.3) is 0 Å². The lowest BCUT2D eigenvalue weighted by atomic mass is 10.2. The Hall–Kier alpha value is -1.99. The molecule has 0 atom stereocenters. The number of amides is 1. The Bertz CT molecular complexity index is 596. The van der Waals surface area contributed by atoms with Crippen molar-refractivity contribution in [1.29, 1.82) is 0 Å². The zero-order valence-electron chi connectivity index (χ0n) is 13.0. The third-order valence-electron chi connectivity index (χ3n) is 4.02. The van der Waals surface area contributed by atoms with Crippen LogP contribution in [0.5, 0.6) is 0 Å². The number of hydrogen-bond donors (Lipinski definition) is 1. The molecule has 1 aromatic heterocycles.